The van der Waals surface area contributed by atoms with Gasteiger partial charge in [-0.3, -0.25) is 0 Å². The first-order valence-corrected chi connectivity index (χ1v) is 8.10. The molecule has 1 heterocycles. The quantitative estimate of drug-likeness (QED) is 0.903. The Kier molecular flexibility index (Phi) is 4.29. The zero-order valence-corrected chi connectivity index (χ0v) is 11.9. The molecule has 1 aromatic rings. The van der Waals surface area contributed by atoms with Crippen molar-refractivity contribution < 1.29 is 21.9 Å². The summed E-state index contributed by atoms with van der Waals surface area (Å²) in [6.07, 6.45) is 0.521. The Balaban J connectivity index is 2.04. The Hall–Kier alpha value is -1.21. The maximum atomic E-state index is 12.3. The average Bonchev–Trinajstić information content (AvgIpc) is 2.62. The molecule has 1 aliphatic heterocycles. The molecule has 0 radical (unpaired) electrons. The van der Waals surface area contributed by atoms with E-state index < -0.39 is 22.0 Å². The minimum Gasteiger partial charge on any atom is -0.434 e. The van der Waals surface area contributed by atoms with Gasteiger partial charge in [-0.05, 0) is 19.4 Å². The number of rotatable bonds is 5. The summed E-state index contributed by atoms with van der Waals surface area (Å²) in [5.74, 6) is 0.336. The summed E-state index contributed by atoms with van der Waals surface area (Å²) < 4.78 is 52.0. The smallest absolute Gasteiger partial charge is 0.387 e. The predicted molar refractivity (Wildman–Crippen MR) is 71.6 cm³/mol. The van der Waals surface area contributed by atoms with Crippen molar-refractivity contribution in [2.24, 2.45) is 0 Å². The van der Waals surface area contributed by atoms with Crippen molar-refractivity contribution in [2.45, 2.75) is 32.0 Å². The summed E-state index contributed by atoms with van der Waals surface area (Å²) in [6.45, 7) is -0.762. The number of hydrogen-bond acceptors (Lipinski definition) is 4. The third-order valence-electron chi connectivity index (χ3n) is 3.40. The lowest BCUT2D eigenvalue weighted by atomic mass is 10.0. The largest absolute Gasteiger partial charge is 0.434 e. The molecule has 1 N–H and O–H groups in total. The Bertz CT molecular complexity index is 577. The molecular formula is C13H17F2NO3S. The summed E-state index contributed by atoms with van der Waals surface area (Å²) in [4.78, 5) is 0. The van der Waals surface area contributed by atoms with E-state index in [1.165, 1.54) is 6.07 Å². The van der Waals surface area contributed by atoms with Gasteiger partial charge in [0.05, 0.1) is 11.5 Å². The molecular weight excluding hydrogens is 288 g/mol. The van der Waals surface area contributed by atoms with Gasteiger partial charge in [0.15, 0.2) is 9.84 Å². The Labute approximate surface area is 117 Å². The number of benzene rings is 1. The average molecular weight is 305 g/mol. The zero-order chi connectivity index (χ0) is 14.8. The molecule has 20 heavy (non-hydrogen) atoms. The Morgan fingerprint density at radius 1 is 1.40 bits per heavy atom. The molecule has 0 amide bonds. The molecule has 0 saturated carbocycles. The van der Waals surface area contributed by atoms with Gasteiger partial charge in [0.25, 0.3) is 0 Å². The highest BCUT2D eigenvalue weighted by Gasteiger charge is 2.37. The van der Waals surface area contributed by atoms with Crippen molar-refractivity contribution in [2.75, 3.05) is 11.5 Å². The van der Waals surface area contributed by atoms with Crippen molar-refractivity contribution in [1.82, 2.24) is 5.32 Å². The van der Waals surface area contributed by atoms with Crippen molar-refractivity contribution in [3.8, 4) is 5.75 Å². The van der Waals surface area contributed by atoms with Crippen LogP contribution in [0.15, 0.2) is 24.3 Å². The lowest BCUT2D eigenvalue weighted by Crippen LogP contribution is -2.42. The number of hydrogen-bond donors (Lipinski definition) is 1. The van der Waals surface area contributed by atoms with Crippen molar-refractivity contribution in [3.05, 3.63) is 29.8 Å². The van der Waals surface area contributed by atoms with E-state index in [0.29, 0.717) is 12.0 Å². The minimum atomic E-state index is -3.00. The molecule has 4 nitrogen and oxygen atoms in total. The molecule has 1 fully saturated rings. The van der Waals surface area contributed by atoms with Gasteiger partial charge >= 0.3 is 6.61 Å². The van der Waals surface area contributed by atoms with Crippen LogP contribution in [0.3, 0.4) is 0 Å². The maximum absolute atomic E-state index is 12.3. The van der Waals surface area contributed by atoms with Gasteiger partial charge < -0.3 is 10.1 Å². The van der Waals surface area contributed by atoms with Crippen molar-refractivity contribution in [3.63, 3.8) is 0 Å². The summed E-state index contributed by atoms with van der Waals surface area (Å²) in [5.41, 5.74) is 0.0647. The van der Waals surface area contributed by atoms with E-state index in [4.69, 9.17) is 0 Å². The van der Waals surface area contributed by atoms with Crippen LogP contribution in [0.5, 0.6) is 5.75 Å². The molecule has 0 spiro atoms. The van der Waals surface area contributed by atoms with E-state index in [0.717, 1.165) is 0 Å². The van der Waals surface area contributed by atoms with Crippen LogP contribution in [0.2, 0.25) is 0 Å². The van der Waals surface area contributed by atoms with Crippen LogP contribution in [0.1, 0.15) is 18.9 Å². The van der Waals surface area contributed by atoms with Crippen LogP contribution in [-0.4, -0.2) is 32.1 Å². The van der Waals surface area contributed by atoms with Crippen LogP contribution >= 0.6 is 0 Å². The van der Waals surface area contributed by atoms with Crippen molar-refractivity contribution in [1.29, 1.82) is 0 Å². The summed E-state index contributed by atoms with van der Waals surface area (Å²) in [6, 6.07) is 6.49. The number of sulfone groups is 1. The van der Waals surface area contributed by atoms with Gasteiger partial charge in [-0.15, -0.1) is 0 Å². The molecule has 1 unspecified atom stereocenters. The molecule has 1 aromatic carbocycles. The lowest BCUT2D eigenvalue weighted by Gasteiger charge is -2.24. The second kappa shape index (κ2) is 5.65. The van der Waals surface area contributed by atoms with E-state index in [2.05, 4.69) is 10.1 Å². The summed E-state index contributed by atoms with van der Waals surface area (Å²) >= 11 is 0. The molecule has 1 aliphatic rings. The standard InChI is InChI=1S/C13H17F2NO3S/c1-13(6-7-20(17,18)9-13)16-8-10-4-2-3-5-11(10)19-12(14)15/h2-5,12,16H,6-9H2,1H3. The highest BCUT2D eigenvalue weighted by molar-refractivity contribution is 7.91. The van der Waals surface area contributed by atoms with E-state index in [1.807, 2.05) is 6.92 Å². The summed E-state index contributed by atoms with van der Waals surface area (Å²) in [5, 5.41) is 3.14. The van der Waals surface area contributed by atoms with Gasteiger partial charge in [-0.25, -0.2) is 8.42 Å². The lowest BCUT2D eigenvalue weighted by molar-refractivity contribution is -0.0505. The number of alkyl halides is 2. The fourth-order valence-corrected chi connectivity index (χ4v) is 4.44. The third kappa shape index (κ3) is 3.89. The van der Waals surface area contributed by atoms with Gasteiger partial charge in [0, 0.05) is 17.6 Å². The number of para-hydroxylation sites is 1. The number of halogens is 2. The fraction of sp³-hybridized carbons (Fsp3) is 0.538. The molecule has 2 rings (SSSR count). The normalized spacial score (nSPS) is 25.0. The molecule has 1 atom stereocenters. The van der Waals surface area contributed by atoms with Crippen LogP contribution < -0.4 is 10.1 Å². The van der Waals surface area contributed by atoms with Gasteiger partial charge in [-0.1, -0.05) is 18.2 Å². The van der Waals surface area contributed by atoms with Gasteiger partial charge in [0.2, 0.25) is 0 Å². The predicted octanol–water partition coefficient (Wildman–Crippen LogP) is 1.95. The molecule has 0 bridgehead atoms. The topological polar surface area (TPSA) is 55.4 Å². The zero-order valence-electron chi connectivity index (χ0n) is 11.1. The molecule has 0 aliphatic carbocycles. The number of ether oxygens (including phenoxy) is 1. The van der Waals surface area contributed by atoms with Crippen LogP contribution in [0, 0.1) is 0 Å². The first kappa shape index (κ1) is 15.2. The van der Waals surface area contributed by atoms with Crippen LogP contribution in [0.4, 0.5) is 8.78 Å². The second-order valence-corrected chi connectivity index (χ2v) is 7.43. The highest BCUT2D eigenvalue weighted by Crippen LogP contribution is 2.25. The molecule has 1 saturated heterocycles. The van der Waals surface area contributed by atoms with Crippen LogP contribution in [-0.2, 0) is 16.4 Å². The monoisotopic (exact) mass is 305 g/mol. The molecule has 7 heteroatoms. The SMILES string of the molecule is CC1(NCc2ccccc2OC(F)F)CCS(=O)(=O)C1. The van der Waals surface area contributed by atoms with Gasteiger partial charge in [0.1, 0.15) is 5.75 Å². The first-order valence-electron chi connectivity index (χ1n) is 6.28. The maximum Gasteiger partial charge on any atom is 0.387 e. The van der Waals surface area contributed by atoms with E-state index in [-0.39, 0.29) is 23.8 Å². The fourth-order valence-electron chi connectivity index (χ4n) is 2.32. The molecule has 0 aromatic heterocycles. The minimum absolute atomic E-state index is 0.0673. The Morgan fingerprint density at radius 2 is 2.10 bits per heavy atom. The van der Waals surface area contributed by atoms with Gasteiger partial charge in [-0.2, -0.15) is 8.78 Å². The Morgan fingerprint density at radius 3 is 2.70 bits per heavy atom. The van der Waals surface area contributed by atoms with Crippen LogP contribution in [0.25, 0.3) is 0 Å². The first-order chi connectivity index (χ1) is 9.30. The number of nitrogens with one attached hydrogen (secondary N) is 1. The van der Waals surface area contributed by atoms with E-state index in [9.17, 15) is 17.2 Å². The van der Waals surface area contributed by atoms with E-state index >= 15 is 0 Å². The second-order valence-electron chi connectivity index (χ2n) is 5.24. The highest BCUT2D eigenvalue weighted by atomic mass is 32.2. The molecule has 112 valence electrons. The van der Waals surface area contributed by atoms with E-state index in [1.54, 1.807) is 18.2 Å². The summed E-state index contributed by atoms with van der Waals surface area (Å²) in [7, 11) is -3.00. The third-order valence-corrected chi connectivity index (χ3v) is 5.30. The van der Waals surface area contributed by atoms with Crippen molar-refractivity contribution >= 4 is 9.84 Å².